The van der Waals surface area contributed by atoms with Crippen molar-refractivity contribution in [2.24, 2.45) is 5.92 Å². The zero-order valence-corrected chi connectivity index (χ0v) is 15.7. The van der Waals surface area contributed by atoms with E-state index in [1.165, 1.54) is 0 Å². The van der Waals surface area contributed by atoms with E-state index in [0.717, 1.165) is 54.8 Å². The number of rotatable bonds is 3. The molecule has 1 N–H and O–H groups in total. The minimum atomic E-state index is -2.86. The summed E-state index contributed by atoms with van der Waals surface area (Å²) in [5.74, 6) is 1.45. The quantitative estimate of drug-likeness (QED) is 0.891. The summed E-state index contributed by atoms with van der Waals surface area (Å²) in [6.07, 6.45) is 2.27. The summed E-state index contributed by atoms with van der Waals surface area (Å²) in [7, 11) is -2.86. The van der Waals surface area contributed by atoms with Gasteiger partial charge in [-0.3, -0.25) is 9.69 Å². The molecule has 2 aliphatic heterocycles. The molecule has 26 heavy (non-hydrogen) atoms. The number of sulfone groups is 1. The molecule has 2 aliphatic rings. The van der Waals surface area contributed by atoms with Crippen molar-refractivity contribution in [3.05, 3.63) is 30.0 Å². The van der Waals surface area contributed by atoms with Crippen molar-refractivity contribution in [3.63, 3.8) is 0 Å². The molecule has 2 aromatic rings. The molecular formula is C19H24N2O4S. The van der Waals surface area contributed by atoms with Crippen LogP contribution in [0.15, 0.2) is 28.7 Å². The molecule has 4 rings (SSSR count). The second-order valence-electron chi connectivity index (χ2n) is 7.47. The number of carbonyl (C=O) groups is 1. The molecule has 6 nitrogen and oxygen atoms in total. The first kappa shape index (κ1) is 17.5. The van der Waals surface area contributed by atoms with Gasteiger partial charge < -0.3 is 9.73 Å². The van der Waals surface area contributed by atoms with E-state index < -0.39 is 9.84 Å². The van der Waals surface area contributed by atoms with E-state index in [2.05, 4.69) is 10.2 Å². The molecule has 1 aromatic carbocycles. The molecule has 0 saturated carbocycles. The molecule has 0 bridgehead atoms. The summed E-state index contributed by atoms with van der Waals surface area (Å²) in [6, 6.07) is 7.76. The first-order valence-corrected chi connectivity index (χ1v) is 11.0. The lowest BCUT2D eigenvalue weighted by molar-refractivity contribution is -0.121. The molecule has 2 saturated heterocycles. The van der Waals surface area contributed by atoms with Crippen LogP contribution in [0, 0.1) is 12.8 Å². The Morgan fingerprint density at radius 3 is 2.65 bits per heavy atom. The van der Waals surface area contributed by atoms with Crippen molar-refractivity contribution in [1.29, 1.82) is 0 Å². The number of anilines is 1. The Hall–Kier alpha value is -1.86. The highest BCUT2D eigenvalue weighted by Crippen LogP contribution is 2.27. The number of nitrogens with one attached hydrogen (secondary N) is 1. The number of nitrogens with zero attached hydrogens (tertiary/aromatic N) is 1. The molecule has 1 amide bonds. The Bertz CT molecular complexity index is 926. The van der Waals surface area contributed by atoms with Gasteiger partial charge in [-0.2, -0.15) is 0 Å². The van der Waals surface area contributed by atoms with Gasteiger partial charge in [-0.1, -0.05) is 0 Å². The summed E-state index contributed by atoms with van der Waals surface area (Å²) in [4.78, 5) is 14.8. The fraction of sp³-hybridized carbons (Fsp3) is 0.526. The number of likely N-dealkylation sites (tertiary alicyclic amines) is 1. The van der Waals surface area contributed by atoms with Crippen LogP contribution < -0.4 is 5.32 Å². The summed E-state index contributed by atoms with van der Waals surface area (Å²) in [6.45, 7) is 3.48. The van der Waals surface area contributed by atoms with Gasteiger partial charge in [0, 0.05) is 23.0 Å². The van der Waals surface area contributed by atoms with Crippen molar-refractivity contribution in [2.75, 3.05) is 29.9 Å². The second-order valence-corrected chi connectivity index (χ2v) is 9.69. The highest BCUT2D eigenvalue weighted by atomic mass is 32.2. The highest BCUT2D eigenvalue weighted by Gasteiger charge is 2.35. The average Bonchev–Trinajstić information content (AvgIpc) is 3.15. The maximum Gasteiger partial charge on any atom is 0.227 e. The largest absolute Gasteiger partial charge is 0.461 e. The van der Waals surface area contributed by atoms with Crippen molar-refractivity contribution in [1.82, 2.24) is 4.90 Å². The zero-order chi connectivity index (χ0) is 18.3. The van der Waals surface area contributed by atoms with Gasteiger partial charge in [0.05, 0.1) is 11.5 Å². The summed E-state index contributed by atoms with van der Waals surface area (Å²) in [5.41, 5.74) is 1.60. The Kier molecular flexibility index (Phi) is 4.52. The van der Waals surface area contributed by atoms with E-state index in [-0.39, 0.29) is 23.6 Å². The lowest BCUT2D eigenvalue weighted by atomic mass is 9.94. The van der Waals surface area contributed by atoms with Gasteiger partial charge in [-0.15, -0.1) is 0 Å². The van der Waals surface area contributed by atoms with E-state index in [1.807, 2.05) is 31.2 Å². The SMILES string of the molecule is Cc1cc2cc(NC(=O)C3CCN(C4CCS(=O)(=O)C4)CC3)ccc2o1. The van der Waals surface area contributed by atoms with E-state index in [1.54, 1.807) is 0 Å². The van der Waals surface area contributed by atoms with Gasteiger partial charge in [0.15, 0.2) is 9.84 Å². The number of fused-ring (bicyclic) bond motifs is 1. The molecule has 7 heteroatoms. The maximum absolute atomic E-state index is 12.6. The molecule has 0 aliphatic carbocycles. The summed E-state index contributed by atoms with van der Waals surface area (Å²) >= 11 is 0. The van der Waals surface area contributed by atoms with Crippen LogP contribution in [-0.4, -0.2) is 49.9 Å². The minimum absolute atomic E-state index is 0.0222. The predicted octanol–water partition coefficient (Wildman–Crippen LogP) is 2.58. The molecule has 3 heterocycles. The first-order chi connectivity index (χ1) is 12.4. The fourth-order valence-corrected chi connectivity index (χ4v) is 5.85. The Morgan fingerprint density at radius 1 is 1.19 bits per heavy atom. The number of amides is 1. The third-order valence-corrected chi connectivity index (χ3v) is 7.28. The van der Waals surface area contributed by atoms with E-state index >= 15 is 0 Å². The molecule has 0 spiro atoms. The van der Waals surface area contributed by atoms with Gasteiger partial charge in [-0.05, 0) is 63.5 Å². The van der Waals surface area contributed by atoms with Crippen LogP contribution in [0.2, 0.25) is 0 Å². The van der Waals surface area contributed by atoms with Gasteiger partial charge in [0.1, 0.15) is 11.3 Å². The number of hydrogen-bond acceptors (Lipinski definition) is 5. The van der Waals surface area contributed by atoms with Crippen LogP contribution in [0.5, 0.6) is 0 Å². The first-order valence-electron chi connectivity index (χ1n) is 9.15. The predicted molar refractivity (Wildman–Crippen MR) is 101 cm³/mol. The minimum Gasteiger partial charge on any atom is -0.461 e. The molecule has 1 atom stereocenters. The van der Waals surface area contributed by atoms with Gasteiger partial charge in [0.25, 0.3) is 0 Å². The number of hydrogen-bond donors (Lipinski definition) is 1. The smallest absolute Gasteiger partial charge is 0.227 e. The molecule has 1 aromatic heterocycles. The van der Waals surface area contributed by atoms with Crippen molar-refractivity contribution in [2.45, 2.75) is 32.2 Å². The van der Waals surface area contributed by atoms with Crippen LogP contribution in [0.1, 0.15) is 25.0 Å². The fourth-order valence-electron chi connectivity index (χ4n) is 4.09. The van der Waals surface area contributed by atoms with Gasteiger partial charge >= 0.3 is 0 Å². The van der Waals surface area contributed by atoms with Crippen molar-refractivity contribution < 1.29 is 17.6 Å². The Labute approximate surface area is 153 Å². The normalized spacial score (nSPS) is 24.1. The lowest BCUT2D eigenvalue weighted by Gasteiger charge is -2.34. The van der Waals surface area contributed by atoms with E-state index in [9.17, 15) is 13.2 Å². The number of aryl methyl sites for hydroxylation is 1. The third kappa shape index (κ3) is 3.64. The standard InChI is InChI=1S/C19H24N2O4S/c1-13-10-15-11-16(2-3-18(15)25-13)20-19(22)14-4-7-21(8-5-14)17-6-9-26(23,24)12-17/h2-3,10-11,14,17H,4-9,12H2,1H3,(H,20,22). The monoisotopic (exact) mass is 376 g/mol. The average molecular weight is 376 g/mol. The number of furan rings is 1. The molecule has 140 valence electrons. The number of piperidine rings is 1. The van der Waals surface area contributed by atoms with E-state index in [0.29, 0.717) is 5.75 Å². The van der Waals surface area contributed by atoms with E-state index in [4.69, 9.17) is 4.42 Å². The van der Waals surface area contributed by atoms with Crippen molar-refractivity contribution >= 4 is 32.4 Å². The number of carbonyl (C=O) groups excluding carboxylic acids is 1. The van der Waals surface area contributed by atoms with Crippen LogP contribution >= 0.6 is 0 Å². The zero-order valence-electron chi connectivity index (χ0n) is 14.9. The maximum atomic E-state index is 12.6. The molecule has 0 radical (unpaired) electrons. The lowest BCUT2D eigenvalue weighted by Crippen LogP contribution is -2.44. The topological polar surface area (TPSA) is 79.6 Å². The van der Waals surface area contributed by atoms with Crippen molar-refractivity contribution in [3.8, 4) is 0 Å². The van der Waals surface area contributed by atoms with Crippen LogP contribution in [0.4, 0.5) is 5.69 Å². The van der Waals surface area contributed by atoms with Crippen LogP contribution in [-0.2, 0) is 14.6 Å². The van der Waals surface area contributed by atoms with Crippen LogP contribution in [0.25, 0.3) is 11.0 Å². The molecule has 1 unspecified atom stereocenters. The van der Waals surface area contributed by atoms with Crippen LogP contribution in [0.3, 0.4) is 0 Å². The highest BCUT2D eigenvalue weighted by molar-refractivity contribution is 7.91. The Morgan fingerprint density at radius 2 is 1.96 bits per heavy atom. The molecule has 2 fully saturated rings. The Balaban J connectivity index is 1.34. The number of benzene rings is 1. The summed E-state index contributed by atoms with van der Waals surface area (Å²) < 4.78 is 28.9. The summed E-state index contributed by atoms with van der Waals surface area (Å²) in [5, 5.41) is 4.00. The second kappa shape index (κ2) is 6.70. The molecular weight excluding hydrogens is 352 g/mol. The van der Waals surface area contributed by atoms with Gasteiger partial charge in [0.2, 0.25) is 5.91 Å². The third-order valence-electron chi connectivity index (χ3n) is 5.53. The van der Waals surface area contributed by atoms with Gasteiger partial charge in [-0.25, -0.2) is 8.42 Å².